The molecule has 90 valence electrons. The highest BCUT2D eigenvalue weighted by Crippen LogP contribution is 2.13. The Balaban J connectivity index is 2.08. The minimum atomic E-state index is -0.510. The Morgan fingerprint density at radius 2 is 2.50 bits per heavy atom. The van der Waals surface area contributed by atoms with E-state index >= 15 is 0 Å². The van der Waals surface area contributed by atoms with Gasteiger partial charge in [0.1, 0.15) is 11.8 Å². The number of ether oxygens (including phenoxy) is 1. The van der Waals surface area contributed by atoms with Crippen LogP contribution in [-0.2, 0) is 15.3 Å². The number of esters is 1. The summed E-state index contributed by atoms with van der Waals surface area (Å²) >= 11 is 1.69. The molecule has 0 aliphatic carbocycles. The second-order valence-electron chi connectivity index (χ2n) is 3.28. The van der Waals surface area contributed by atoms with Crippen LogP contribution in [0.4, 0.5) is 0 Å². The van der Waals surface area contributed by atoms with Gasteiger partial charge in [0, 0.05) is 0 Å². The van der Waals surface area contributed by atoms with E-state index < -0.39 is 6.04 Å². The summed E-state index contributed by atoms with van der Waals surface area (Å²) in [6.45, 7) is 2.16. The van der Waals surface area contributed by atoms with E-state index in [4.69, 9.17) is 14.9 Å². The van der Waals surface area contributed by atoms with Crippen LogP contribution in [0.15, 0.2) is 22.8 Å². The molecular formula is C11H17NO3S. The maximum absolute atomic E-state index is 11.2. The first-order chi connectivity index (χ1) is 7.74. The molecule has 0 radical (unpaired) electrons. The van der Waals surface area contributed by atoms with Crippen molar-refractivity contribution in [2.75, 3.05) is 12.4 Å². The van der Waals surface area contributed by atoms with Crippen LogP contribution >= 0.6 is 11.8 Å². The standard InChI is InChI=1S/C11H17NO3S/c1-2-14-11(13)10(12)5-7-16-8-9-4-3-6-15-9/h3-4,6,10H,2,5,7-8,12H2,1H3. The van der Waals surface area contributed by atoms with Crippen LogP contribution in [0.3, 0.4) is 0 Å². The van der Waals surface area contributed by atoms with E-state index in [-0.39, 0.29) is 5.97 Å². The Hall–Kier alpha value is -0.940. The molecule has 1 aromatic rings. The van der Waals surface area contributed by atoms with Crippen molar-refractivity contribution < 1.29 is 13.9 Å². The van der Waals surface area contributed by atoms with Gasteiger partial charge in [0.15, 0.2) is 0 Å². The lowest BCUT2D eigenvalue weighted by molar-refractivity contribution is -0.144. The van der Waals surface area contributed by atoms with Crippen LogP contribution in [-0.4, -0.2) is 24.4 Å². The monoisotopic (exact) mass is 243 g/mol. The zero-order chi connectivity index (χ0) is 11.8. The fourth-order valence-corrected chi connectivity index (χ4v) is 2.08. The van der Waals surface area contributed by atoms with Crippen molar-refractivity contribution in [3.05, 3.63) is 24.2 Å². The second-order valence-corrected chi connectivity index (χ2v) is 4.38. The third-order valence-electron chi connectivity index (χ3n) is 1.99. The minimum absolute atomic E-state index is 0.318. The van der Waals surface area contributed by atoms with Gasteiger partial charge in [-0.2, -0.15) is 11.8 Å². The van der Waals surface area contributed by atoms with E-state index in [9.17, 15) is 4.79 Å². The largest absolute Gasteiger partial charge is 0.468 e. The number of thioether (sulfide) groups is 1. The highest BCUT2D eigenvalue weighted by Gasteiger charge is 2.13. The van der Waals surface area contributed by atoms with Gasteiger partial charge in [-0.25, -0.2) is 0 Å². The van der Waals surface area contributed by atoms with Crippen molar-refractivity contribution in [1.82, 2.24) is 0 Å². The smallest absolute Gasteiger partial charge is 0.322 e. The highest BCUT2D eigenvalue weighted by molar-refractivity contribution is 7.98. The predicted octanol–water partition coefficient (Wildman–Crippen LogP) is 1.79. The molecule has 5 heteroatoms. The van der Waals surface area contributed by atoms with E-state index in [0.29, 0.717) is 13.0 Å². The molecule has 0 amide bonds. The number of hydrogen-bond acceptors (Lipinski definition) is 5. The highest BCUT2D eigenvalue weighted by atomic mass is 32.2. The Kier molecular flexibility index (Phi) is 6.03. The van der Waals surface area contributed by atoms with Gasteiger partial charge in [-0.3, -0.25) is 4.79 Å². The average Bonchev–Trinajstić information content (AvgIpc) is 2.77. The summed E-state index contributed by atoms with van der Waals surface area (Å²) in [4.78, 5) is 11.2. The lowest BCUT2D eigenvalue weighted by Gasteiger charge is -2.09. The van der Waals surface area contributed by atoms with Gasteiger partial charge in [0.2, 0.25) is 0 Å². The summed E-state index contributed by atoms with van der Waals surface area (Å²) in [5, 5.41) is 0. The van der Waals surface area contributed by atoms with Crippen molar-refractivity contribution in [3.63, 3.8) is 0 Å². The van der Waals surface area contributed by atoms with E-state index in [2.05, 4.69) is 0 Å². The molecule has 0 spiro atoms. The first kappa shape index (κ1) is 13.1. The summed E-state index contributed by atoms with van der Waals surface area (Å²) in [6, 6.07) is 3.28. The van der Waals surface area contributed by atoms with Gasteiger partial charge < -0.3 is 14.9 Å². The molecule has 1 rings (SSSR count). The molecule has 0 saturated carbocycles. The first-order valence-corrected chi connectivity index (χ1v) is 6.42. The van der Waals surface area contributed by atoms with Gasteiger partial charge in [-0.05, 0) is 31.2 Å². The van der Waals surface area contributed by atoms with E-state index in [1.165, 1.54) is 0 Å². The summed E-state index contributed by atoms with van der Waals surface area (Å²) in [5.74, 6) is 2.25. The average molecular weight is 243 g/mol. The maximum atomic E-state index is 11.2. The molecule has 16 heavy (non-hydrogen) atoms. The number of carbonyl (C=O) groups excluding carboxylic acids is 1. The maximum Gasteiger partial charge on any atom is 0.322 e. The van der Waals surface area contributed by atoms with Gasteiger partial charge in [0.05, 0.1) is 18.6 Å². The van der Waals surface area contributed by atoms with Crippen molar-refractivity contribution in [3.8, 4) is 0 Å². The van der Waals surface area contributed by atoms with Crippen LogP contribution in [0, 0.1) is 0 Å². The van der Waals surface area contributed by atoms with Crippen molar-refractivity contribution in [1.29, 1.82) is 0 Å². The third kappa shape index (κ3) is 4.72. The van der Waals surface area contributed by atoms with Crippen LogP contribution < -0.4 is 5.73 Å². The van der Waals surface area contributed by atoms with Gasteiger partial charge in [0.25, 0.3) is 0 Å². The first-order valence-electron chi connectivity index (χ1n) is 5.26. The molecular weight excluding hydrogens is 226 g/mol. The Bertz CT molecular complexity index is 300. The van der Waals surface area contributed by atoms with E-state index in [1.807, 2.05) is 12.1 Å². The topological polar surface area (TPSA) is 65.5 Å². The number of rotatable bonds is 7. The van der Waals surface area contributed by atoms with Crippen LogP contribution in [0.1, 0.15) is 19.1 Å². The van der Waals surface area contributed by atoms with E-state index in [1.54, 1.807) is 24.9 Å². The third-order valence-corrected chi connectivity index (χ3v) is 3.00. The fourth-order valence-electron chi connectivity index (χ4n) is 1.14. The fraction of sp³-hybridized carbons (Fsp3) is 0.545. The van der Waals surface area contributed by atoms with Crippen molar-refractivity contribution >= 4 is 17.7 Å². The number of furan rings is 1. The van der Waals surface area contributed by atoms with Crippen molar-refractivity contribution in [2.45, 2.75) is 25.1 Å². The molecule has 4 nitrogen and oxygen atoms in total. The molecule has 0 fully saturated rings. The summed E-state index contributed by atoms with van der Waals surface area (Å²) < 4.78 is 10.00. The lowest BCUT2D eigenvalue weighted by Crippen LogP contribution is -2.32. The lowest BCUT2D eigenvalue weighted by atomic mass is 10.2. The molecule has 1 aromatic heterocycles. The van der Waals surface area contributed by atoms with Gasteiger partial charge in [-0.15, -0.1) is 0 Å². The van der Waals surface area contributed by atoms with E-state index in [0.717, 1.165) is 17.3 Å². The summed E-state index contributed by atoms with van der Waals surface area (Å²) in [6.07, 6.45) is 2.28. The normalized spacial score (nSPS) is 12.4. The summed E-state index contributed by atoms with van der Waals surface area (Å²) in [5.41, 5.74) is 5.65. The number of hydrogen-bond donors (Lipinski definition) is 1. The SMILES string of the molecule is CCOC(=O)C(N)CCSCc1ccco1. The van der Waals surface area contributed by atoms with Gasteiger partial charge >= 0.3 is 5.97 Å². The summed E-state index contributed by atoms with van der Waals surface area (Å²) in [7, 11) is 0. The van der Waals surface area contributed by atoms with Crippen LogP contribution in [0.2, 0.25) is 0 Å². The molecule has 0 aliphatic rings. The quantitative estimate of drug-likeness (QED) is 0.584. The van der Waals surface area contributed by atoms with Crippen LogP contribution in [0.5, 0.6) is 0 Å². The van der Waals surface area contributed by atoms with Gasteiger partial charge in [-0.1, -0.05) is 0 Å². The molecule has 0 aromatic carbocycles. The molecule has 0 bridgehead atoms. The molecule has 1 atom stereocenters. The zero-order valence-corrected chi connectivity index (χ0v) is 10.2. The zero-order valence-electron chi connectivity index (χ0n) is 9.35. The Morgan fingerprint density at radius 3 is 3.12 bits per heavy atom. The molecule has 0 saturated heterocycles. The van der Waals surface area contributed by atoms with Crippen molar-refractivity contribution in [2.24, 2.45) is 5.73 Å². The molecule has 0 aliphatic heterocycles. The molecule has 1 heterocycles. The van der Waals surface area contributed by atoms with Crippen LogP contribution in [0.25, 0.3) is 0 Å². The molecule has 2 N–H and O–H groups in total. The minimum Gasteiger partial charge on any atom is -0.468 e. The Labute approximate surface area is 99.5 Å². The Morgan fingerprint density at radius 1 is 1.69 bits per heavy atom. The molecule has 1 unspecified atom stereocenters. The predicted molar refractivity (Wildman–Crippen MR) is 64.1 cm³/mol. The second kappa shape index (κ2) is 7.35. The number of carbonyl (C=O) groups is 1. The number of nitrogens with two attached hydrogens (primary N) is 1.